The Bertz CT molecular complexity index is 1010. The molecule has 0 N–H and O–H groups in total. The summed E-state index contributed by atoms with van der Waals surface area (Å²) >= 11 is 7.09. The number of nitrogens with zero attached hydrogens (tertiary/aromatic N) is 2. The number of halogens is 2. The molecule has 0 saturated heterocycles. The van der Waals surface area contributed by atoms with Gasteiger partial charge in [-0.2, -0.15) is 10.2 Å². The van der Waals surface area contributed by atoms with Gasteiger partial charge in [-0.15, -0.1) is 0 Å². The number of fused-ring (bicyclic) bond motifs is 2. The second-order valence-electron chi connectivity index (χ2n) is 6.68. The lowest BCUT2D eigenvalue weighted by atomic mass is 10.1. The molecular formula is C22H14Br2N2. The van der Waals surface area contributed by atoms with Gasteiger partial charge < -0.3 is 0 Å². The smallest absolute Gasteiger partial charge is 0.0893 e. The Kier molecular flexibility index (Phi) is 3.91. The van der Waals surface area contributed by atoms with Gasteiger partial charge in [0.15, 0.2) is 0 Å². The number of aromatic nitrogens is 2. The topological polar surface area (TPSA) is 25.8 Å². The van der Waals surface area contributed by atoms with E-state index >= 15 is 0 Å². The molecule has 0 amide bonds. The number of hydrogen-bond acceptors (Lipinski definition) is 2. The molecule has 2 nitrogen and oxygen atoms in total. The third-order valence-electron chi connectivity index (χ3n) is 4.95. The molecule has 0 bridgehead atoms. The van der Waals surface area contributed by atoms with E-state index in [9.17, 15) is 0 Å². The molecule has 0 aliphatic heterocycles. The van der Waals surface area contributed by atoms with E-state index in [-0.39, 0.29) is 0 Å². The zero-order chi connectivity index (χ0) is 17.7. The molecule has 2 aliphatic rings. The maximum atomic E-state index is 4.51. The number of benzene rings is 2. The lowest BCUT2D eigenvalue weighted by Crippen LogP contribution is -1.97. The Hall–Kier alpha value is -2.04. The van der Waals surface area contributed by atoms with Crippen LogP contribution in [0, 0.1) is 0 Å². The highest BCUT2D eigenvalue weighted by Crippen LogP contribution is 2.34. The summed E-state index contributed by atoms with van der Waals surface area (Å²) in [5.74, 6) is 0. The molecule has 0 radical (unpaired) electrons. The van der Waals surface area contributed by atoms with Gasteiger partial charge in [0.25, 0.3) is 0 Å². The van der Waals surface area contributed by atoms with Gasteiger partial charge >= 0.3 is 0 Å². The minimum Gasteiger partial charge on any atom is -0.150 e. The fourth-order valence-electron chi connectivity index (χ4n) is 3.63. The fraction of sp³-hybridized carbons (Fsp3) is 0.0909. The lowest BCUT2D eigenvalue weighted by molar-refractivity contribution is 0.981. The first-order valence-electron chi connectivity index (χ1n) is 8.48. The first-order chi connectivity index (χ1) is 12.7. The Balaban J connectivity index is 1.40. The summed E-state index contributed by atoms with van der Waals surface area (Å²) in [6.45, 7) is 0. The highest BCUT2D eigenvalue weighted by Gasteiger charge is 2.18. The molecule has 2 aromatic carbocycles. The van der Waals surface area contributed by atoms with Crippen molar-refractivity contribution in [1.29, 1.82) is 0 Å². The summed E-state index contributed by atoms with van der Waals surface area (Å²) in [6.07, 6.45) is 6.25. The van der Waals surface area contributed by atoms with E-state index in [2.05, 4.69) is 103 Å². The second kappa shape index (κ2) is 6.29. The summed E-state index contributed by atoms with van der Waals surface area (Å²) < 4.78 is 2.23. The van der Waals surface area contributed by atoms with Crippen LogP contribution in [0.2, 0.25) is 0 Å². The van der Waals surface area contributed by atoms with Crippen LogP contribution in [0.5, 0.6) is 0 Å². The van der Waals surface area contributed by atoms with Crippen LogP contribution in [0.15, 0.2) is 57.5 Å². The van der Waals surface area contributed by atoms with Crippen molar-refractivity contribution in [3.8, 4) is 0 Å². The average Bonchev–Trinajstić information content (AvgIpc) is 3.25. The zero-order valence-electron chi connectivity index (χ0n) is 13.8. The van der Waals surface area contributed by atoms with Crippen LogP contribution in [0.3, 0.4) is 0 Å². The molecule has 4 heteroatoms. The standard InChI is InChI=1S/C22H14Br2N2/c23-19-3-1-13-7-17(9-15(13)11-19)21-5-6-22(26-25-21)18-8-14-2-4-20(24)12-16(14)10-18/h1-8,11-12H,9-10H2. The summed E-state index contributed by atoms with van der Waals surface area (Å²) in [5, 5.41) is 9.02. The molecule has 126 valence electrons. The largest absolute Gasteiger partial charge is 0.150 e. The summed E-state index contributed by atoms with van der Waals surface area (Å²) in [5.41, 5.74) is 9.58. The van der Waals surface area contributed by atoms with Gasteiger partial charge in [0, 0.05) is 21.8 Å². The van der Waals surface area contributed by atoms with Crippen LogP contribution in [0.1, 0.15) is 33.6 Å². The Morgan fingerprint density at radius 3 is 1.50 bits per heavy atom. The molecule has 0 atom stereocenters. The van der Waals surface area contributed by atoms with Crippen molar-refractivity contribution in [1.82, 2.24) is 10.2 Å². The van der Waals surface area contributed by atoms with E-state index in [4.69, 9.17) is 0 Å². The second-order valence-corrected chi connectivity index (χ2v) is 8.51. The first kappa shape index (κ1) is 16.2. The van der Waals surface area contributed by atoms with Crippen molar-refractivity contribution in [3.05, 3.63) is 91.1 Å². The van der Waals surface area contributed by atoms with E-state index in [1.54, 1.807) is 0 Å². The van der Waals surface area contributed by atoms with Gasteiger partial charge in [-0.25, -0.2) is 0 Å². The Morgan fingerprint density at radius 1 is 0.615 bits per heavy atom. The molecule has 0 spiro atoms. The van der Waals surface area contributed by atoms with E-state index < -0.39 is 0 Å². The van der Waals surface area contributed by atoms with Crippen molar-refractivity contribution < 1.29 is 0 Å². The predicted octanol–water partition coefficient (Wildman–Crippen LogP) is 6.20. The van der Waals surface area contributed by atoms with Crippen molar-refractivity contribution in [3.63, 3.8) is 0 Å². The van der Waals surface area contributed by atoms with E-state index in [0.29, 0.717) is 0 Å². The minimum atomic E-state index is 0.908. The van der Waals surface area contributed by atoms with E-state index in [1.807, 2.05) is 0 Å². The Morgan fingerprint density at radius 2 is 1.08 bits per heavy atom. The molecule has 26 heavy (non-hydrogen) atoms. The molecule has 3 aromatic rings. The van der Waals surface area contributed by atoms with Crippen molar-refractivity contribution in [2.75, 3.05) is 0 Å². The normalized spacial score (nSPS) is 14.7. The molecule has 5 rings (SSSR count). The predicted molar refractivity (Wildman–Crippen MR) is 113 cm³/mol. The van der Waals surface area contributed by atoms with Crippen LogP contribution in [-0.2, 0) is 12.8 Å². The molecule has 0 unspecified atom stereocenters. The van der Waals surface area contributed by atoms with Crippen LogP contribution in [0.4, 0.5) is 0 Å². The van der Waals surface area contributed by atoms with Gasteiger partial charge in [0.1, 0.15) is 0 Å². The molecule has 1 aromatic heterocycles. The number of allylic oxidation sites excluding steroid dienone is 2. The summed E-state index contributed by atoms with van der Waals surface area (Å²) in [7, 11) is 0. The quantitative estimate of drug-likeness (QED) is 0.450. The van der Waals surface area contributed by atoms with E-state index in [0.717, 1.165) is 33.2 Å². The van der Waals surface area contributed by atoms with Crippen LogP contribution < -0.4 is 0 Å². The monoisotopic (exact) mass is 464 g/mol. The number of rotatable bonds is 2. The van der Waals surface area contributed by atoms with Gasteiger partial charge in [0.05, 0.1) is 11.4 Å². The highest BCUT2D eigenvalue weighted by atomic mass is 79.9. The van der Waals surface area contributed by atoms with Crippen molar-refractivity contribution >= 4 is 55.2 Å². The van der Waals surface area contributed by atoms with Gasteiger partial charge in [-0.3, -0.25) is 0 Å². The zero-order valence-corrected chi connectivity index (χ0v) is 17.0. The van der Waals surface area contributed by atoms with Crippen LogP contribution >= 0.6 is 31.9 Å². The SMILES string of the molecule is Brc1ccc2c(c1)CC(c1ccc(C3=Cc4ccc(Br)cc4C3)nn1)=C2. The summed E-state index contributed by atoms with van der Waals surface area (Å²) in [6, 6.07) is 17.0. The van der Waals surface area contributed by atoms with E-state index in [1.165, 1.54) is 33.4 Å². The first-order valence-corrected chi connectivity index (χ1v) is 10.1. The highest BCUT2D eigenvalue weighted by molar-refractivity contribution is 9.10. The molecule has 1 heterocycles. The Labute approximate surface area is 168 Å². The maximum absolute atomic E-state index is 4.51. The molecule has 2 aliphatic carbocycles. The third-order valence-corrected chi connectivity index (χ3v) is 5.94. The average molecular weight is 466 g/mol. The third kappa shape index (κ3) is 2.87. The van der Waals surface area contributed by atoms with Crippen LogP contribution in [0.25, 0.3) is 23.3 Å². The lowest BCUT2D eigenvalue weighted by Gasteiger charge is -2.04. The molecular weight excluding hydrogens is 452 g/mol. The summed E-state index contributed by atoms with van der Waals surface area (Å²) in [4.78, 5) is 0. The number of hydrogen-bond donors (Lipinski definition) is 0. The molecule has 0 fully saturated rings. The van der Waals surface area contributed by atoms with Crippen molar-refractivity contribution in [2.24, 2.45) is 0 Å². The maximum Gasteiger partial charge on any atom is 0.0893 e. The van der Waals surface area contributed by atoms with Gasteiger partial charge in [0.2, 0.25) is 0 Å². The van der Waals surface area contributed by atoms with Crippen molar-refractivity contribution in [2.45, 2.75) is 12.8 Å². The minimum absolute atomic E-state index is 0.908. The molecule has 0 saturated carbocycles. The van der Waals surface area contributed by atoms with Gasteiger partial charge in [-0.05, 0) is 82.0 Å². The van der Waals surface area contributed by atoms with Gasteiger partial charge in [-0.1, -0.05) is 44.0 Å². The fourth-order valence-corrected chi connectivity index (χ4v) is 4.45. The van der Waals surface area contributed by atoms with Crippen LogP contribution in [-0.4, -0.2) is 10.2 Å².